The SMILES string of the molecule is CC1CCCCN1c1ccccc1NS(=O)(=O)c1cc2ccccc2s1. The topological polar surface area (TPSA) is 49.4 Å². The van der Waals surface area contributed by atoms with Crippen molar-refractivity contribution >= 4 is 42.8 Å². The van der Waals surface area contributed by atoms with E-state index in [1.807, 2.05) is 48.5 Å². The zero-order valence-electron chi connectivity index (χ0n) is 14.7. The minimum atomic E-state index is -3.61. The van der Waals surface area contributed by atoms with Crippen molar-refractivity contribution in [3.63, 3.8) is 0 Å². The molecule has 0 radical (unpaired) electrons. The summed E-state index contributed by atoms with van der Waals surface area (Å²) < 4.78 is 30.1. The average Bonchev–Trinajstić information content (AvgIpc) is 3.08. The molecule has 1 aliphatic heterocycles. The lowest BCUT2D eigenvalue weighted by Gasteiger charge is -2.36. The average molecular weight is 387 g/mol. The van der Waals surface area contributed by atoms with E-state index in [1.54, 1.807) is 6.07 Å². The number of piperidine rings is 1. The van der Waals surface area contributed by atoms with Crippen LogP contribution in [-0.2, 0) is 10.0 Å². The first kappa shape index (κ1) is 17.4. The third-order valence-corrected chi connectivity index (χ3v) is 7.88. The van der Waals surface area contributed by atoms with E-state index < -0.39 is 10.0 Å². The summed E-state index contributed by atoms with van der Waals surface area (Å²) in [4.78, 5) is 2.31. The number of sulfonamides is 1. The second-order valence-corrected chi connectivity index (χ2v) is 9.76. The Bertz CT molecular complexity index is 994. The minimum Gasteiger partial charge on any atom is -0.367 e. The highest BCUT2D eigenvalue weighted by atomic mass is 32.2. The molecule has 1 aromatic heterocycles. The van der Waals surface area contributed by atoms with Crippen molar-refractivity contribution in [3.05, 3.63) is 54.6 Å². The molecule has 0 amide bonds. The highest BCUT2D eigenvalue weighted by molar-refractivity contribution is 7.94. The van der Waals surface area contributed by atoms with Gasteiger partial charge in [-0.2, -0.15) is 0 Å². The van der Waals surface area contributed by atoms with Gasteiger partial charge < -0.3 is 4.90 Å². The fourth-order valence-corrected chi connectivity index (χ4v) is 6.02. The fraction of sp³-hybridized carbons (Fsp3) is 0.300. The Hall–Kier alpha value is -2.05. The quantitative estimate of drug-likeness (QED) is 0.680. The van der Waals surface area contributed by atoms with E-state index in [4.69, 9.17) is 0 Å². The third kappa shape index (κ3) is 3.31. The summed E-state index contributed by atoms with van der Waals surface area (Å²) in [5, 5.41) is 0.954. The number of hydrogen-bond acceptors (Lipinski definition) is 4. The zero-order chi connectivity index (χ0) is 18.1. The van der Waals surface area contributed by atoms with Crippen molar-refractivity contribution < 1.29 is 8.42 Å². The van der Waals surface area contributed by atoms with E-state index in [9.17, 15) is 8.42 Å². The second-order valence-electron chi connectivity index (χ2n) is 6.76. The van der Waals surface area contributed by atoms with Crippen molar-refractivity contribution in [1.82, 2.24) is 0 Å². The van der Waals surface area contributed by atoms with Crippen LogP contribution in [0.2, 0.25) is 0 Å². The monoisotopic (exact) mass is 386 g/mol. The van der Waals surface area contributed by atoms with Gasteiger partial charge in [-0.25, -0.2) is 8.42 Å². The van der Waals surface area contributed by atoms with Crippen molar-refractivity contribution in [2.75, 3.05) is 16.2 Å². The first-order valence-corrected chi connectivity index (χ1v) is 11.2. The van der Waals surface area contributed by atoms with Crippen molar-refractivity contribution in [2.24, 2.45) is 0 Å². The highest BCUT2D eigenvalue weighted by Gasteiger charge is 2.24. The van der Waals surface area contributed by atoms with Crippen LogP contribution in [-0.4, -0.2) is 21.0 Å². The normalized spacial score (nSPS) is 18.2. The maximum Gasteiger partial charge on any atom is 0.271 e. The van der Waals surface area contributed by atoms with Gasteiger partial charge in [-0.15, -0.1) is 11.3 Å². The summed E-state index contributed by atoms with van der Waals surface area (Å²) in [6.07, 6.45) is 3.51. The van der Waals surface area contributed by atoms with Crippen LogP contribution in [0.3, 0.4) is 0 Å². The maximum absolute atomic E-state index is 13.0. The van der Waals surface area contributed by atoms with Gasteiger partial charge in [0.25, 0.3) is 10.0 Å². The number of nitrogens with zero attached hydrogens (tertiary/aromatic N) is 1. The highest BCUT2D eigenvalue weighted by Crippen LogP contribution is 2.34. The molecule has 1 N–H and O–H groups in total. The van der Waals surface area contributed by atoms with Crippen LogP contribution in [0.15, 0.2) is 58.8 Å². The van der Waals surface area contributed by atoms with Gasteiger partial charge in [0.2, 0.25) is 0 Å². The molecule has 1 aliphatic rings. The minimum absolute atomic E-state index is 0.347. The number of rotatable bonds is 4. The fourth-order valence-electron chi connectivity index (χ4n) is 3.55. The molecule has 4 rings (SSSR count). The van der Waals surface area contributed by atoms with Crippen LogP contribution < -0.4 is 9.62 Å². The lowest BCUT2D eigenvalue weighted by Crippen LogP contribution is -2.38. The predicted octanol–water partition coefficient (Wildman–Crippen LogP) is 5.08. The van der Waals surface area contributed by atoms with E-state index in [0.29, 0.717) is 15.9 Å². The summed E-state index contributed by atoms with van der Waals surface area (Å²) in [6, 6.07) is 17.6. The number of thiophene rings is 1. The Labute approximate surface area is 158 Å². The van der Waals surface area contributed by atoms with Crippen LogP contribution in [0.4, 0.5) is 11.4 Å². The van der Waals surface area contributed by atoms with Gasteiger partial charge in [0.1, 0.15) is 4.21 Å². The molecular formula is C20H22N2O2S2. The Morgan fingerprint density at radius 2 is 1.85 bits per heavy atom. The molecule has 26 heavy (non-hydrogen) atoms. The van der Waals surface area contributed by atoms with Gasteiger partial charge in [-0.05, 0) is 55.8 Å². The Kier molecular flexibility index (Phi) is 4.63. The van der Waals surface area contributed by atoms with Gasteiger partial charge in [0.05, 0.1) is 11.4 Å². The molecule has 1 saturated heterocycles. The van der Waals surface area contributed by atoms with Gasteiger partial charge in [0, 0.05) is 17.3 Å². The predicted molar refractivity (Wildman–Crippen MR) is 110 cm³/mol. The van der Waals surface area contributed by atoms with Gasteiger partial charge in [-0.1, -0.05) is 30.3 Å². The van der Waals surface area contributed by atoms with E-state index in [1.165, 1.54) is 17.8 Å². The number of para-hydroxylation sites is 2. The summed E-state index contributed by atoms with van der Waals surface area (Å²) in [5.74, 6) is 0. The molecular weight excluding hydrogens is 364 g/mol. The third-order valence-electron chi connectivity index (χ3n) is 4.93. The number of fused-ring (bicyclic) bond motifs is 1. The summed E-state index contributed by atoms with van der Waals surface area (Å²) >= 11 is 1.30. The lowest BCUT2D eigenvalue weighted by molar-refractivity contribution is 0.485. The molecule has 1 atom stereocenters. The van der Waals surface area contributed by atoms with Crippen LogP contribution in [0.1, 0.15) is 26.2 Å². The second kappa shape index (κ2) is 6.93. The summed E-state index contributed by atoms with van der Waals surface area (Å²) in [7, 11) is -3.61. The number of nitrogens with one attached hydrogen (secondary N) is 1. The molecule has 0 spiro atoms. The van der Waals surface area contributed by atoms with Gasteiger partial charge >= 0.3 is 0 Å². The van der Waals surface area contributed by atoms with E-state index in [0.717, 1.165) is 35.2 Å². The number of anilines is 2. The van der Waals surface area contributed by atoms with Crippen LogP contribution in [0, 0.1) is 0 Å². The Morgan fingerprint density at radius 1 is 1.08 bits per heavy atom. The van der Waals surface area contributed by atoms with Crippen LogP contribution in [0.25, 0.3) is 10.1 Å². The van der Waals surface area contributed by atoms with Gasteiger partial charge in [0.15, 0.2) is 0 Å². The largest absolute Gasteiger partial charge is 0.367 e. The summed E-state index contributed by atoms with van der Waals surface area (Å²) in [5.41, 5.74) is 1.61. The standard InChI is InChI=1S/C20H22N2O2S2/c1-15-8-6-7-13-22(15)18-11-4-3-10-17(18)21-26(23,24)20-14-16-9-2-5-12-19(16)25-20/h2-5,9-12,14-15,21H,6-8,13H2,1H3. The van der Waals surface area contributed by atoms with E-state index in [2.05, 4.69) is 16.5 Å². The molecule has 4 nitrogen and oxygen atoms in total. The molecule has 2 heterocycles. The summed E-state index contributed by atoms with van der Waals surface area (Å²) in [6.45, 7) is 3.17. The molecule has 1 unspecified atom stereocenters. The molecule has 0 bridgehead atoms. The lowest BCUT2D eigenvalue weighted by atomic mass is 10.0. The number of benzene rings is 2. The first-order valence-electron chi connectivity index (χ1n) is 8.92. The molecule has 3 aromatic rings. The van der Waals surface area contributed by atoms with E-state index >= 15 is 0 Å². The molecule has 2 aromatic carbocycles. The zero-order valence-corrected chi connectivity index (χ0v) is 16.3. The molecule has 0 aliphatic carbocycles. The Balaban J connectivity index is 1.68. The first-order chi connectivity index (χ1) is 12.5. The van der Waals surface area contributed by atoms with Crippen LogP contribution in [0.5, 0.6) is 0 Å². The molecule has 136 valence electrons. The molecule has 1 fully saturated rings. The molecule has 6 heteroatoms. The molecule has 0 saturated carbocycles. The van der Waals surface area contributed by atoms with E-state index in [-0.39, 0.29) is 0 Å². The smallest absolute Gasteiger partial charge is 0.271 e. The van der Waals surface area contributed by atoms with Gasteiger partial charge in [-0.3, -0.25) is 4.72 Å². The van der Waals surface area contributed by atoms with Crippen molar-refractivity contribution in [1.29, 1.82) is 0 Å². The maximum atomic E-state index is 13.0. The van der Waals surface area contributed by atoms with Crippen molar-refractivity contribution in [3.8, 4) is 0 Å². The van der Waals surface area contributed by atoms with Crippen molar-refractivity contribution in [2.45, 2.75) is 36.4 Å². The Morgan fingerprint density at radius 3 is 2.65 bits per heavy atom. The number of hydrogen-bond donors (Lipinski definition) is 1. The van der Waals surface area contributed by atoms with Crippen LogP contribution >= 0.6 is 11.3 Å².